The Morgan fingerprint density at radius 1 is 1.50 bits per heavy atom. The molecule has 0 saturated heterocycles. The molecule has 3 heteroatoms. The molecule has 0 unspecified atom stereocenters. The van der Waals surface area contributed by atoms with Crippen molar-refractivity contribution in [1.82, 2.24) is 9.78 Å². The van der Waals surface area contributed by atoms with Crippen LogP contribution in [0.1, 0.15) is 37.7 Å². The summed E-state index contributed by atoms with van der Waals surface area (Å²) in [6.45, 7) is 0.680. The first-order valence-corrected chi connectivity index (χ1v) is 6.19. The van der Waals surface area contributed by atoms with Crippen LogP contribution in [0.15, 0.2) is 18.0 Å². The fourth-order valence-corrected chi connectivity index (χ4v) is 2.55. The SMILES string of the molecule is Cn1cc(C=C(CN)C2CCCCC2)cn1. The number of nitrogens with two attached hydrogens (primary N) is 1. The monoisotopic (exact) mass is 219 g/mol. The van der Waals surface area contributed by atoms with Gasteiger partial charge in [0.1, 0.15) is 0 Å². The van der Waals surface area contributed by atoms with Crippen molar-refractivity contribution >= 4 is 6.08 Å². The van der Waals surface area contributed by atoms with Gasteiger partial charge < -0.3 is 5.73 Å². The third kappa shape index (κ3) is 2.73. The van der Waals surface area contributed by atoms with E-state index in [4.69, 9.17) is 5.73 Å². The molecule has 0 atom stereocenters. The molecule has 0 amide bonds. The van der Waals surface area contributed by atoms with Crippen LogP contribution in [0.3, 0.4) is 0 Å². The lowest BCUT2D eigenvalue weighted by Gasteiger charge is -2.23. The first-order chi connectivity index (χ1) is 7.79. The Morgan fingerprint density at radius 3 is 2.81 bits per heavy atom. The highest BCUT2D eigenvalue weighted by Gasteiger charge is 2.16. The standard InChI is InChI=1S/C13H21N3/c1-16-10-11(9-15-16)7-13(8-14)12-5-3-2-4-6-12/h7,9-10,12H,2-6,8,14H2,1H3. The molecule has 88 valence electrons. The van der Waals surface area contributed by atoms with E-state index in [1.165, 1.54) is 43.2 Å². The van der Waals surface area contributed by atoms with Gasteiger partial charge in [0.2, 0.25) is 0 Å². The van der Waals surface area contributed by atoms with E-state index in [0.717, 1.165) is 0 Å². The predicted molar refractivity (Wildman–Crippen MR) is 66.8 cm³/mol. The van der Waals surface area contributed by atoms with Crippen LogP contribution < -0.4 is 5.73 Å². The Balaban J connectivity index is 2.11. The van der Waals surface area contributed by atoms with Crippen molar-refractivity contribution in [2.45, 2.75) is 32.1 Å². The molecule has 1 saturated carbocycles. The van der Waals surface area contributed by atoms with Crippen LogP contribution in [0.4, 0.5) is 0 Å². The second-order valence-corrected chi connectivity index (χ2v) is 4.71. The maximum Gasteiger partial charge on any atom is 0.0562 e. The lowest BCUT2D eigenvalue weighted by molar-refractivity contribution is 0.401. The third-order valence-corrected chi connectivity index (χ3v) is 3.44. The summed E-state index contributed by atoms with van der Waals surface area (Å²) in [4.78, 5) is 0. The molecule has 3 nitrogen and oxygen atoms in total. The zero-order valence-electron chi connectivity index (χ0n) is 10.0. The Kier molecular flexibility index (Phi) is 3.78. The molecule has 0 aromatic carbocycles. The number of nitrogens with zero attached hydrogens (tertiary/aromatic N) is 2. The summed E-state index contributed by atoms with van der Waals surface area (Å²) in [6.07, 6.45) is 12.9. The predicted octanol–water partition coefficient (Wildman–Crippen LogP) is 2.34. The topological polar surface area (TPSA) is 43.8 Å². The number of aromatic nitrogens is 2. The van der Waals surface area contributed by atoms with Crippen molar-refractivity contribution in [3.05, 3.63) is 23.5 Å². The highest BCUT2D eigenvalue weighted by Crippen LogP contribution is 2.30. The highest BCUT2D eigenvalue weighted by atomic mass is 15.2. The van der Waals surface area contributed by atoms with E-state index in [0.29, 0.717) is 12.5 Å². The molecule has 0 aliphatic heterocycles. The quantitative estimate of drug-likeness (QED) is 0.848. The van der Waals surface area contributed by atoms with E-state index in [2.05, 4.69) is 11.2 Å². The fraction of sp³-hybridized carbons (Fsp3) is 0.615. The van der Waals surface area contributed by atoms with Crippen LogP contribution in [0.25, 0.3) is 6.08 Å². The molecule has 2 rings (SSSR count). The van der Waals surface area contributed by atoms with Gasteiger partial charge in [0.15, 0.2) is 0 Å². The molecule has 1 heterocycles. The van der Waals surface area contributed by atoms with Gasteiger partial charge in [-0.1, -0.05) is 30.9 Å². The normalized spacial score (nSPS) is 19.0. The number of hydrogen-bond acceptors (Lipinski definition) is 2. The van der Waals surface area contributed by atoms with E-state index in [1.807, 2.05) is 24.1 Å². The fourth-order valence-electron chi connectivity index (χ4n) is 2.55. The third-order valence-electron chi connectivity index (χ3n) is 3.44. The van der Waals surface area contributed by atoms with Crippen molar-refractivity contribution < 1.29 is 0 Å². The number of rotatable bonds is 3. The summed E-state index contributed by atoms with van der Waals surface area (Å²) in [5.74, 6) is 0.707. The largest absolute Gasteiger partial charge is 0.327 e. The summed E-state index contributed by atoms with van der Waals surface area (Å²) in [7, 11) is 1.94. The molecule has 0 radical (unpaired) electrons. The second-order valence-electron chi connectivity index (χ2n) is 4.71. The van der Waals surface area contributed by atoms with Crippen molar-refractivity contribution in [2.24, 2.45) is 18.7 Å². The molecule has 1 aliphatic carbocycles. The van der Waals surface area contributed by atoms with Gasteiger partial charge in [-0.3, -0.25) is 4.68 Å². The zero-order chi connectivity index (χ0) is 11.4. The van der Waals surface area contributed by atoms with Gasteiger partial charge in [-0.25, -0.2) is 0 Å². The Hall–Kier alpha value is -1.09. The molecule has 2 N–H and O–H groups in total. The summed E-state index contributed by atoms with van der Waals surface area (Å²) in [5.41, 5.74) is 8.43. The zero-order valence-corrected chi connectivity index (χ0v) is 10.0. The van der Waals surface area contributed by atoms with Gasteiger partial charge in [0, 0.05) is 25.4 Å². The van der Waals surface area contributed by atoms with Crippen LogP contribution in [-0.4, -0.2) is 16.3 Å². The average molecular weight is 219 g/mol. The van der Waals surface area contributed by atoms with Gasteiger partial charge in [-0.2, -0.15) is 5.10 Å². The van der Waals surface area contributed by atoms with Crippen molar-refractivity contribution in [3.8, 4) is 0 Å². The van der Waals surface area contributed by atoms with Crippen LogP contribution in [0, 0.1) is 5.92 Å². The molecule has 1 aromatic rings. The summed E-state index contributed by atoms with van der Waals surface area (Å²) < 4.78 is 1.83. The van der Waals surface area contributed by atoms with Gasteiger partial charge >= 0.3 is 0 Å². The van der Waals surface area contributed by atoms with Gasteiger partial charge in [-0.15, -0.1) is 0 Å². The summed E-state index contributed by atoms with van der Waals surface area (Å²) >= 11 is 0. The molecule has 0 bridgehead atoms. The Labute approximate surface area is 97.3 Å². The lowest BCUT2D eigenvalue weighted by atomic mass is 9.83. The average Bonchev–Trinajstić information content (AvgIpc) is 2.73. The first-order valence-electron chi connectivity index (χ1n) is 6.19. The van der Waals surface area contributed by atoms with Crippen molar-refractivity contribution in [1.29, 1.82) is 0 Å². The van der Waals surface area contributed by atoms with Crippen LogP contribution in [0.5, 0.6) is 0 Å². The Bertz CT molecular complexity index is 359. The van der Waals surface area contributed by atoms with Crippen LogP contribution in [-0.2, 0) is 7.05 Å². The minimum absolute atomic E-state index is 0.680. The van der Waals surface area contributed by atoms with Crippen molar-refractivity contribution in [3.63, 3.8) is 0 Å². The minimum atomic E-state index is 0.680. The maximum atomic E-state index is 5.86. The van der Waals surface area contributed by atoms with Crippen LogP contribution >= 0.6 is 0 Å². The summed E-state index contributed by atoms with van der Waals surface area (Å²) in [6, 6.07) is 0. The second kappa shape index (κ2) is 5.30. The van der Waals surface area contributed by atoms with Gasteiger partial charge in [0.25, 0.3) is 0 Å². The molecular weight excluding hydrogens is 198 g/mol. The maximum absolute atomic E-state index is 5.86. The van der Waals surface area contributed by atoms with Crippen LogP contribution in [0.2, 0.25) is 0 Å². The minimum Gasteiger partial charge on any atom is -0.327 e. The first kappa shape index (κ1) is 11.4. The van der Waals surface area contributed by atoms with E-state index in [1.54, 1.807) is 0 Å². The molecule has 16 heavy (non-hydrogen) atoms. The van der Waals surface area contributed by atoms with Gasteiger partial charge in [-0.05, 0) is 18.8 Å². The molecule has 1 aromatic heterocycles. The molecule has 1 fully saturated rings. The lowest BCUT2D eigenvalue weighted by Crippen LogP contribution is -2.15. The smallest absolute Gasteiger partial charge is 0.0562 e. The van der Waals surface area contributed by atoms with E-state index >= 15 is 0 Å². The highest BCUT2D eigenvalue weighted by molar-refractivity contribution is 5.52. The number of hydrogen-bond donors (Lipinski definition) is 1. The molecular formula is C13H21N3. The molecule has 1 aliphatic rings. The Morgan fingerprint density at radius 2 is 2.25 bits per heavy atom. The van der Waals surface area contributed by atoms with E-state index < -0.39 is 0 Å². The van der Waals surface area contributed by atoms with E-state index in [-0.39, 0.29) is 0 Å². The van der Waals surface area contributed by atoms with E-state index in [9.17, 15) is 0 Å². The summed E-state index contributed by atoms with van der Waals surface area (Å²) in [5, 5.41) is 4.18. The van der Waals surface area contributed by atoms with Gasteiger partial charge in [0.05, 0.1) is 6.20 Å². The molecule has 0 spiro atoms. The number of aryl methyl sites for hydroxylation is 1. The van der Waals surface area contributed by atoms with Crippen molar-refractivity contribution in [2.75, 3.05) is 6.54 Å².